The van der Waals surface area contributed by atoms with Crippen LogP contribution in [0.3, 0.4) is 0 Å². The molecule has 0 radical (unpaired) electrons. The van der Waals surface area contributed by atoms with Crippen LogP contribution in [0.4, 0.5) is 0 Å². The lowest BCUT2D eigenvalue weighted by atomic mass is 10.1. The lowest BCUT2D eigenvalue weighted by molar-refractivity contribution is -0.139. The van der Waals surface area contributed by atoms with Gasteiger partial charge in [0, 0.05) is 13.2 Å². The summed E-state index contributed by atoms with van der Waals surface area (Å²) >= 11 is 0. The number of amides is 1. The summed E-state index contributed by atoms with van der Waals surface area (Å²) in [6.07, 6.45) is 4.28. The van der Waals surface area contributed by atoms with Crippen LogP contribution >= 0.6 is 0 Å². The van der Waals surface area contributed by atoms with Crippen molar-refractivity contribution in [2.45, 2.75) is 6.10 Å². The molecule has 1 aromatic heterocycles. The molecule has 0 aliphatic carbocycles. The fraction of sp³-hybridized carbons (Fsp3) is 0.500. The van der Waals surface area contributed by atoms with Crippen molar-refractivity contribution in [3.05, 3.63) is 24.5 Å². The van der Waals surface area contributed by atoms with Crippen molar-refractivity contribution in [2.75, 3.05) is 32.9 Å². The molecule has 0 bridgehead atoms. The van der Waals surface area contributed by atoms with Gasteiger partial charge < -0.3 is 9.64 Å². The van der Waals surface area contributed by atoms with Gasteiger partial charge in [0.1, 0.15) is 11.9 Å². The van der Waals surface area contributed by atoms with E-state index in [1.807, 2.05) is 0 Å². The summed E-state index contributed by atoms with van der Waals surface area (Å²) in [5.74, 6) is 0.446. The fourth-order valence-electron chi connectivity index (χ4n) is 1.73. The molecule has 0 saturated carbocycles. The molecule has 0 spiro atoms. The molecule has 7 nitrogen and oxygen atoms in total. The summed E-state index contributed by atoms with van der Waals surface area (Å²) in [7, 11) is -1.95. The molecule has 2 rings (SSSR count). The number of hydrogen-bond acceptors (Lipinski definition) is 5. The molecule has 20 heavy (non-hydrogen) atoms. The van der Waals surface area contributed by atoms with Gasteiger partial charge in [-0.2, -0.15) is 4.31 Å². The van der Waals surface area contributed by atoms with Crippen LogP contribution in [0.15, 0.2) is 24.5 Å². The number of carbonyl (C=O) groups is 1. The summed E-state index contributed by atoms with van der Waals surface area (Å²) in [5.41, 5.74) is 0. The molecular weight excluding hydrogens is 282 g/mol. The Labute approximate surface area is 118 Å². The molecule has 1 aliphatic heterocycles. The van der Waals surface area contributed by atoms with E-state index in [0.29, 0.717) is 18.8 Å². The third kappa shape index (κ3) is 3.67. The van der Waals surface area contributed by atoms with E-state index in [0.717, 1.165) is 10.6 Å². The molecule has 2 heterocycles. The molecular formula is C12H17N3O4S. The first-order valence-corrected chi connectivity index (χ1v) is 7.97. The molecule has 8 heteroatoms. The zero-order valence-electron chi connectivity index (χ0n) is 11.4. The van der Waals surface area contributed by atoms with Crippen molar-refractivity contribution >= 4 is 15.9 Å². The van der Waals surface area contributed by atoms with E-state index in [9.17, 15) is 13.2 Å². The van der Waals surface area contributed by atoms with E-state index in [1.54, 1.807) is 29.4 Å². The predicted molar refractivity (Wildman–Crippen MR) is 72.7 cm³/mol. The first kappa shape index (κ1) is 14.7. The number of pyridine rings is 1. The molecule has 0 unspecified atom stereocenters. The normalized spacial score (nSPS) is 16.1. The second kappa shape index (κ2) is 5.76. The highest BCUT2D eigenvalue weighted by Gasteiger charge is 2.33. The van der Waals surface area contributed by atoms with E-state index in [4.69, 9.17) is 4.74 Å². The Kier molecular flexibility index (Phi) is 4.24. The quantitative estimate of drug-likeness (QED) is 0.736. The lowest BCUT2D eigenvalue weighted by Gasteiger charge is -2.39. The Morgan fingerprint density at radius 2 is 2.25 bits per heavy atom. The van der Waals surface area contributed by atoms with E-state index >= 15 is 0 Å². The zero-order chi connectivity index (χ0) is 14.8. The zero-order valence-corrected chi connectivity index (χ0v) is 12.2. The largest absolute Gasteiger partial charge is 0.485 e. The highest BCUT2D eigenvalue weighted by Crippen LogP contribution is 2.17. The number of likely N-dealkylation sites (tertiary alicyclic amines) is 1. The highest BCUT2D eigenvalue weighted by atomic mass is 32.2. The number of likely N-dealkylation sites (N-methyl/N-ethyl adjacent to an activating group) is 1. The second-order valence-electron chi connectivity index (χ2n) is 4.75. The van der Waals surface area contributed by atoms with Crippen LogP contribution < -0.4 is 4.74 Å². The molecule has 110 valence electrons. The van der Waals surface area contributed by atoms with Crippen LogP contribution in [0.2, 0.25) is 0 Å². The van der Waals surface area contributed by atoms with Gasteiger partial charge in [-0.3, -0.25) is 9.78 Å². The van der Waals surface area contributed by atoms with E-state index in [1.165, 1.54) is 7.05 Å². The molecule has 1 amide bonds. The highest BCUT2D eigenvalue weighted by molar-refractivity contribution is 7.88. The first-order chi connectivity index (χ1) is 9.36. The van der Waals surface area contributed by atoms with Crippen LogP contribution in [0.5, 0.6) is 5.75 Å². The SMILES string of the molecule is CN(CC(=O)N1CC(Oc2cccnc2)C1)S(C)(=O)=O. The third-order valence-corrected chi connectivity index (χ3v) is 4.32. The van der Waals surface area contributed by atoms with Crippen molar-refractivity contribution < 1.29 is 17.9 Å². The number of sulfonamides is 1. The average Bonchev–Trinajstić information content (AvgIpc) is 2.33. The van der Waals surface area contributed by atoms with E-state index in [-0.39, 0.29) is 18.6 Å². The van der Waals surface area contributed by atoms with Crippen molar-refractivity contribution in [2.24, 2.45) is 0 Å². The van der Waals surface area contributed by atoms with Gasteiger partial charge in [-0.1, -0.05) is 0 Å². The monoisotopic (exact) mass is 299 g/mol. The van der Waals surface area contributed by atoms with Crippen LogP contribution in [-0.2, 0) is 14.8 Å². The van der Waals surface area contributed by atoms with E-state index in [2.05, 4.69) is 4.98 Å². The maximum absolute atomic E-state index is 11.8. The fourth-order valence-corrected chi connectivity index (χ4v) is 2.08. The number of nitrogens with zero attached hydrogens (tertiary/aromatic N) is 3. The standard InChI is InChI=1S/C12H17N3O4S/c1-14(20(2,17)18)9-12(16)15-7-11(8-15)19-10-4-3-5-13-6-10/h3-6,11H,7-9H2,1-2H3. The minimum Gasteiger partial charge on any atom is -0.485 e. The Balaban J connectivity index is 1.77. The summed E-state index contributed by atoms with van der Waals surface area (Å²) in [6, 6.07) is 3.58. The maximum atomic E-state index is 11.8. The van der Waals surface area contributed by atoms with Crippen molar-refractivity contribution in [1.82, 2.24) is 14.2 Å². The Morgan fingerprint density at radius 1 is 1.55 bits per heavy atom. The van der Waals surface area contributed by atoms with Gasteiger partial charge in [-0.25, -0.2) is 8.42 Å². The molecule has 0 N–H and O–H groups in total. The van der Waals surface area contributed by atoms with Crippen LogP contribution in [-0.4, -0.2) is 67.6 Å². The minimum atomic E-state index is -3.33. The van der Waals surface area contributed by atoms with Gasteiger partial charge in [-0.05, 0) is 12.1 Å². The minimum absolute atomic E-state index is 0.0633. The van der Waals surface area contributed by atoms with Crippen molar-refractivity contribution in [3.63, 3.8) is 0 Å². The van der Waals surface area contributed by atoms with Gasteiger partial charge in [0.15, 0.2) is 0 Å². The van der Waals surface area contributed by atoms with Gasteiger partial charge >= 0.3 is 0 Å². The number of rotatable bonds is 5. The van der Waals surface area contributed by atoms with Crippen LogP contribution in [0, 0.1) is 0 Å². The molecule has 1 aromatic rings. The Hall–Kier alpha value is -1.67. The molecule has 1 fully saturated rings. The molecule has 1 aliphatic rings. The summed E-state index contributed by atoms with van der Waals surface area (Å²) in [5, 5.41) is 0. The average molecular weight is 299 g/mol. The van der Waals surface area contributed by atoms with Gasteiger partial charge in [0.05, 0.1) is 32.1 Å². The molecule has 0 aromatic carbocycles. The van der Waals surface area contributed by atoms with Crippen LogP contribution in [0.25, 0.3) is 0 Å². The number of hydrogen-bond donors (Lipinski definition) is 0. The number of ether oxygens (including phenoxy) is 1. The predicted octanol–water partition coefficient (Wildman–Crippen LogP) is -0.437. The topological polar surface area (TPSA) is 79.8 Å². The summed E-state index contributed by atoms with van der Waals surface area (Å²) in [6.45, 7) is 0.787. The van der Waals surface area contributed by atoms with Crippen LogP contribution in [0.1, 0.15) is 0 Å². The first-order valence-electron chi connectivity index (χ1n) is 6.12. The Morgan fingerprint density at radius 3 is 2.80 bits per heavy atom. The third-order valence-electron chi connectivity index (χ3n) is 3.06. The molecule has 0 atom stereocenters. The van der Waals surface area contributed by atoms with Gasteiger partial charge in [0.2, 0.25) is 15.9 Å². The lowest BCUT2D eigenvalue weighted by Crippen LogP contribution is -2.58. The van der Waals surface area contributed by atoms with Gasteiger partial charge in [-0.15, -0.1) is 0 Å². The van der Waals surface area contributed by atoms with Gasteiger partial charge in [0.25, 0.3) is 0 Å². The van der Waals surface area contributed by atoms with E-state index < -0.39 is 10.0 Å². The number of aromatic nitrogens is 1. The van der Waals surface area contributed by atoms with Crippen molar-refractivity contribution in [1.29, 1.82) is 0 Å². The second-order valence-corrected chi connectivity index (χ2v) is 6.84. The smallest absolute Gasteiger partial charge is 0.238 e. The number of carbonyl (C=O) groups excluding carboxylic acids is 1. The summed E-state index contributed by atoms with van der Waals surface area (Å²) in [4.78, 5) is 17.3. The molecule has 1 saturated heterocycles. The van der Waals surface area contributed by atoms with Crippen molar-refractivity contribution in [3.8, 4) is 5.75 Å². The Bertz CT molecular complexity index is 570. The summed E-state index contributed by atoms with van der Waals surface area (Å²) < 4.78 is 29.1. The maximum Gasteiger partial charge on any atom is 0.238 e.